The lowest BCUT2D eigenvalue weighted by Gasteiger charge is -2.25. The van der Waals surface area contributed by atoms with E-state index < -0.39 is 0 Å². The molecular weight excluding hydrogens is 254 g/mol. The van der Waals surface area contributed by atoms with Crippen molar-refractivity contribution in [2.75, 3.05) is 13.1 Å². The van der Waals surface area contributed by atoms with Gasteiger partial charge in [0.25, 0.3) is 0 Å². The number of nitrogens with one attached hydrogen (secondary N) is 1. The van der Waals surface area contributed by atoms with Gasteiger partial charge in [-0.15, -0.1) is 0 Å². The minimum atomic E-state index is 0.0438. The number of carbonyl (C=O) groups excluding carboxylic acids is 1. The van der Waals surface area contributed by atoms with E-state index in [9.17, 15) is 4.79 Å². The topological polar surface area (TPSA) is 53.9 Å². The molecule has 5 nitrogen and oxygen atoms in total. The van der Waals surface area contributed by atoms with Crippen LogP contribution in [0.2, 0.25) is 0 Å². The first kappa shape index (κ1) is 13.9. The highest BCUT2D eigenvalue weighted by molar-refractivity contribution is 5.87. The monoisotopic (exact) mass is 279 g/mol. The van der Waals surface area contributed by atoms with E-state index in [4.69, 9.17) is 4.84 Å². The first-order valence-corrected chi connectivity index (χ1v) is 7.90. The van der Waals surface area contributed by atoms with E-state index in [2.05, 4.69) is 29.2 Å². The lowest BCUT2D eigenvalue weighted by atomic mass is 10.0. The lowest BCUT2D eigenvalue weighted by Crippen LogP contribution is -2.46. The number of nitrogens with zero attached hydrogens (tertiary/aromatic N) is 2. The maximum absolute atomic E-state index is 12.2. The van der Waals surface area contributed by atoms with Gasteiger partial charge < -0.3 is 10.2 Å². The van der Waals surface area contributed by atoms with Crippen molar-refractivity contribution in [2.24, 2.45) is 11.1 Å². The van der Waals surface area contributed by atoms with Crippen LogP contribution in [0.15, 0.2) is 5.16 Å². The number of likely N-dealkylation sites (tertiary alicyclic amines) is 1. The fourth-order valence-corrected chi connectivity index (χ4v) is 3.02. The van der Waals surface area contributed by atoms with Crippen LogP contribution in [0.4, 0.5) is 0 Å². The Bertz CT molecular complexity index is 404. The van der Waals surface area contributed by atoms with E-state index in [1.165, 1.54) is 0 Å². The Morgan fingerprint density at radius 2 is 2.25 bits per heavy atom. The van der Waals surface area contributed by atoms with E-state index in [0.29, 0.717) is 12.0 Å². The van der Waals surface area contributed by atoms with Gasteiger partial charge in [0.15, 0.2) is 0 Å². The fraction of sp³-hybridized carbons (Fsp3) is 0.867. The van der Waals surface area contributed by atoms with Crippen LogP contribution < -0.4 is 5.32 Å². The predicted molar refractivity (Wildman–Crippen MR) is 77.5 cm³/mol. The maximum Gasteiger partial charge on any atom is 0.237 e. The van der Waals surface area contributed by atoms with Gasteiger partial charge in [-0.05, 0) is 38.1 Å². The van der Waals surface area contributed by atoms with Crippen LogP contribution in [0.5, 0.6) is 0 Å². The smallest absolute Gasteiger partial charge is 0.237 e. The summed E-state index contributed by atoms with van der Waals surface area (Å²) >= 11 is 0. The quantitative estimate of drug-likeness (QED) is 0.830. The van der Waals surface area contributed by atoms with Crippen LogP contribution >= 0.6 is 0 Å². The lowest BCUT2D eigenvalue weighted by molar-refractivity contribution is -0.126. The van der Waals surface area contributed by atoms with Crippen LogP contribution in [0.25, 0.3) is 0 Å². The summed E-state index contributed by atoms with van der Waals surface area (Å²) in [6, 6.07) is 0.492. The average molecular weight is 279 g/mol. The highest BCUT2D eigenvalue weighted by atomic mass is 16.6. The number of rotatable bonds is 5. The van der Waals surface area contributed by atoms with E-state index in [-0.39, 0.29) is 18.1 Å². The Kier molecular flexibility index (Phi) is 3.96. The van der Waals surface area contributed by atoms with Gasteiger partial charge in [0.2, 0.25) is 5.91 Å². The Morgan fingerprint density at radius 3 is 2.90 bits per heavy atom. The van der Waals surface area contributed by atoms with E-state index in [1.807, 2.05) is 0 Å². The molecule has 2 heterocycles. The normalized spacial score (nSPS) is 30.4. The molecule has 3 aliphatic rings. The van der Waals surface area contributed by atoms with Crippen molar-refractivity contribution in [1.82, 2.24) is 10.2 Å². The van der Waals surface area contributed by atoms with Gasteiger partial charge in [-0.1, -0.05) is 19.0 Å². The summed E-state index contributed by atoms with van der Waals surface area (Å²) in [7, 11) is 0. The van der Waals surface area contributed by atoms with E-state index >= 15 is 0 Å². The number of amides is 1. The molecule has 112 valence electrons. The molecule has 0 radical (unpaired) electrons. The summed E-state index contributed by atoms with van der Waals surface area (Å²) in [5.41, 5.74) is 1.15. The van der Waals surface area contributed by atoms with Crippen LogP contribution in [-0.4, -0.2) is 47.8 Å². The molecule has 1 saturated carbocycles. The first-order chi connectivity index (χ1) is 9.63. The standard InChI is InChI=1S/C15H25N3O2/c1-10(2)13-8-12(20-17-13)9-18-7-3-4-14(18)15(19)16-11-5-6-11/h10-12,14H,3-9H2,1-2H3,(H,16,19)/t12-,14+/m0/s1. The molecule has 1 amide bonds. The van der Waals surface area contributed by atoms with Crippen molar-refractivity contribution >= 4 is 11.6 Å². The summed E-state index contributed by atoms with van der Waals surface area (Å²) in [5, 5.41) is 7.30. The Hall–Kier alpha value is -1.10. The zero-order valence-corrected chi connectivity index (χ0v) is 12.5. The fourth-order valence-electron chi connectivity index (χ4n) is 3.02. The summed E-state index contributed by atoms with van der Waals surface area (Å²) in [4.78, 5) is 20.0. The minimum Gasteiger partial charge on any atom is -0.391 e. The van der Waals surface area contributed by atoms with Crippen molar-refractivity contribution in [1.29, 1.82) is 0 Å². The van der Waals surface area contributed by atoms with Crippen molar-refractivity contribution in [3.63, 3.8) is 0 Å². The molecule has 2 atom stereocenters. The van der Waals surface area contributed by atoms with Gasteiger partial charge in [0.1, 0.15) is 6.10 Å². The van der Waals surface area contributed by atoms with Gasteiger partial charge in [-0.25, -0.2) is 0 Å². The Morgan fingerprint density at radius 1 is 1.45 bits per heavy atom. The van der Waals surface area contributed by atoms with Gasteiger partial charge in [-0.3, -0.25) is 9.69 Å². The van der Waals surface area contributed by atoms with Gasteiger partial charge in [0.05, 0.1) is 11.8 Å². The third-order valence-corrected chi connectivity index (χ3v) is 4.45. The molecule has 0 bridgehead atoms. The third-order valence-electron chi connectivity index (χ3n) is 4.45. The largest absolute Gasteiger partial charge is 0.391 e. The van der Waals surface area contributed by atoms with Crippen molar-refractivity contribution in [3.8, 4) is 0 Å². The second-order valence-corrected chi connectivity index (χ2v) is 6.60. The Labute approximate surface area is 120 Å². The molecule has 5 heteroatoms. The molecule has 1 aliphatic carbocycles. The van der Waals surface area contributed by atoms with Crippen LogP contribution in [0.1, 0.15) is 46.0 Å². The number of oxime groups is 1. The van der Waals surface area contributed by atoms with Crippen LogP contribution in [0.3, 0.4) is 0 Å². The minimum absolute atomic E-state index is 0.0438. The SMILES string of the molecule is CC(C)C1=NO[C@H](CN2CCC[C@@H]2C(=O)NC2CC2)C1. The molecular formula is C15H25N3O2. The zero-order valence-electron chi connectivity index (χ0n) is 12.5. The number of carbonyl (C=O) groups is 1. The molecule has 3 rings (SSSR count). The predicted octanol–water partition coefficient (Wildman–Crippen LogP) is 1.53. The van der Waals surface area contributed by atoms with E-state index in [0.717, 1.165) is 50.9 Å². The van der Waals surface area contributed by atoms with E-state index in [1.54, 1.807) is 0 Å². The highest BCUT2D eigenvalue weighted by Gasteiger charge is 2.36. The van der Waals surface area contributed by atoms with Crippen molar-refractivity contribution < 1.29 is 9.63 Å². The molecule has 0 unspecified atom stereocenters. The molecule has 20 heavy (non-hydrogen) atoms. The van der Waals surface area contributed by atoms with Crippen LogP contribution in [-0.2, 0) is 9.63 Å². The second kappa shape index (κ2) is 5.72. The van der Waals surface area contributed by atoms with Gasteiger partial charge in [-0.2, -0.15) is 0 Å². The van der Waals surface area contributed by atoms with Gasteiger partial charge in [0, 0.05) is 19.0 Å². The molecule has 1 N–H and O–H groups in total. The number of hydrogen-bond donors (Lipinski definition) is 1. The highest BCUT2D eigenvalue weighted by Crippen LogP contribution is 2.24. The van der Waals surface area contributed by atoms with Crippen molar-refractivity contribution in [3.05, 3.63) is 0 Å². The summed E-state index contributed by atoms with van der Waals surface area (Å²) < 4.78 is 0. The van der Waals surface area contributed by atoms with Crippen LogP contribution in [0, 0.1) is 5.92 Å². The molecule has 2 fully saturated rings. The molecule has 0 aromatic rings. The zero-order chi connectivity index (χ0) is 14.1. The maximum atomic E-state index is 12.2. The molecule has 2 aliphatic heterocycles. The summed E-state index contributed by atoms with van der Waals surface area (Å²) in [6.45, 7) is 6.11. The average Bonchev–Trinajstić information content (AvgIpc) is 2.93. The summed E-state index contributed by atoms with van der Waals surface area (Å²) in [6.07, 6.45) is 5.41. The second-order valence-electron chi connectivity index (χ2n) is 6.60. The molecule has 0 aromatic carbocycles. The summed E-state index contributed by atoms with van der Waals surface area (Å²) in [5.74, 6) is 0.667. The Balaban J connectivity index is 1.50. The molecule has 0 spiro atoms. The number of hydrogen-bond acceptors (Lipinski definition) is 4. The van der Waals surface area contributed by atoms with Crippen molar-refractivity contribution in [2.45, 2.75) is 64.1 Å². The third kappa shape index (κ3) is 3.14. The molecule has 0 aromatic heterocycles. The first-order valence-electron chi connectivity index (χ1n) is 7.90. The molecule has 1 saturated heterocycles. The van der Waals surface area contributed by atoms with Gasteiger partial charge >= 0.3 is 0 Å².